The van der Waals surface area contributed by atoms with Crippen LogP contribution in [0.1, 0.15) is 24.0 Å². The van der Waals surface area contributed by atoms with Crippen molar-refractivity contribution in [1.82, 2.24) is 10.2 Å². The Morgan fingerprint density at radius 3 is 2.84 bits per heavy atom. The first-order valence-corrected chi connectivity index (χ1v) is 8.92. The molecule has 0 bridgehead atoms. The van der Waals surface area contributed by atoms with Crippen LogP contribution in [0, 0.1) is 12.8 Å². The summed E-state index contributed by atoms with van der Waals surface area (Å²) >= 11 is 6.02. The average molecular weight is 365 g/mol. The van der Waals surface area contributed by atoms with Gasteiger partial charge in [0, 0.05) is 24.0 Å². The van der Waals surface area contributed by atoms with E-state index in [-0.39, 0.29) is 29.6 Å². The Morgan fingerprint density at radius 2 is 2.20 bits per heavy atom. The zero-order valence-electron chi connectivity index (χ0n) is 14.1. The number of carbonyl (C=O) groups is 2. The molecule has 1 aliphatic carbocycles. The summed E-state index contributed by atoms with van der Waals surface area (Å²) in [5, 5.41) is 3.55. The van der Waals surface area contributed by atoms with E-state index in [4.69, 9.17) is 21.1 Å². The molecular weight excluding hydrogens is 344 g/mol. The van der Waals surface area contributed by atoms with Crippen LogP contribution in [-0.2, 0) is 20.9 Å². The molecule has 1 aromatic carbocycles. The van der Waals surface area contributed by atoms with E-state index in [0.717, 1.165) is 29.0 Å². The Bertz CT molecular complexity index is 711. The first-order chi connectivity index (χ1) is 11.9. The molecule has 6 nitrogen and oxygen atoms in total. The van der Waals surface area contributed by atoms with E-state index >= 15 is 0 Å². The van der Waals surface area contributed by atoms with Crippen molar-refractivity contribution in [3.8, 4) is 0 Å². The predicted molar refractivity (Wildman–Crippen MR) is 91.3 cm³/mol. The summed E-state index contributed by atoms with van der Waals surface area (Å²) in [4.78, 5) is 25.4. The van der Waals surface area contributed by atoms with Gasteiger partial charge in [0.15, 0.2) is 0 Å². The molecule has 0 radical (unpaired) electrons. The minimum atomic E-state index is -0.387. The van der Waals surface area contributed by atoms with E-state index in [1.807, 2.05) is 25.1 Å². The van der Waals surface area contributed by atoms with Gasteiger partial charge in [-0.25, -0.2) is 4.79 Å². The molecule has 2 saturated heterocycles. The molecule has 2 amide bonds. The number of amides is 2. The predicted octanol–water partition coefficient (Wildman–Crippen LogP) is 2.26. The van der Waals surface area contributed by atoms with Crippen LogP contribution in [-0.4, -0.2) is 48.2 Å². The monoisotopic (exact) mass is 364 g/mol. The summed E-state index contributed by atoms with van der Waals surface area (Å²) in [7, 11) is 0. The van der Waals surface area contributed by atoms with Crippen LogP contribution in [0.2, 0.25) is 5.02 Å². The lowest BCUT2D eigenvalue weighted by molar-refractivity contribution is -0.153. The van der Waals surface area contributed by atoms with Gasteiger partial charge in [0.1, 0.15) is 12.1 Å². The van der Waals surface area contributed by atoms with Crippen molar-refractivity contribution in [2.45, 2.75) is 38.0 Å². The molecule has 25 heavy (non-hydrogen) atoms. The standard InChI is InChI=1S/C18H21ClN2O4/c1-11-4-12(2-3-15(11)19)7-24-14-5-13(6-14)16(22)21-8-18(9-21)10-25-17(23)20-18/h2-4,13-14H,5-10H2,1H3,(H,20,23)/t13-,14-. The first kappa shape index (κ1) is 16.7. The molecule has 4 rings (SSSR count). The van der Waals surface area contributed by atoms with Gasteiger partial charge in [-0.15, -0.1) is 0 Å². The third-order valence-corrected chi connectivity index (χ3v) is 5.72. The number of hydrogen-bond acceptors (Lipinski definition) is 4. The molecule has 1 N–H and O–H groups in total. The lowest BCUT2D eigenvalue weighted by Crippen LogP contribution is -2.71. The number of aryl methyl sites for hydroxylation is 1. The number of cyclic esters (lactones) is 1. The highest BCUT2D eigenvalue weighted by atomic mass is 35.5. The van der Waals surface area contributed by atoms with Gasteiger partial charge in [-0.3, -0.25) is 4.79 Å². The summed E-state index contributed by atoms with van der Waals surface area (Å²) in [5.74, 6) is 0.196. The van der Waals surface area contributed by atoms with Crippen molar-refractivity contribution in [2.24, 2.45) is 5.92 Å². The van der Waals surface area contributed by atoms with Gasteiger partial charge in [-0.2, -0.15) is 0 Å². The van der Waals surface area contributed by atoms with Gasteiger partial charge >= 0.3 is 6.09 Å². The molecule has 1 spiro atoms. The van der Waals surface area contributed by atoms with Crippen LogP contribution in [0.25, 0.3) is 0 Å². The number of likely N-dealkylation sites (tertiary alicyclic amines) is 1. The molecule has 3 fully saturated rings. The Balaban J connectivity index is 1.20. The fourth-order valence-corrected chi connectivity index (χ4v) is 3.79. The van der Waals surface area contributed by atoms with E-state index in [1.54, 1.807) is 4.90 Å². The van der Waals surface area contributed by atoms with Crippen molar-refractivity contribution in [3.63, 3.8) is 0 Å². The molecule has 134 valence electrons. The smallest absolute Gasteiger partial charge is 0.407 e. The highest BCUT2D eigenvalue weighted by Gasteiger charge is 2.53. The van der Waals surface area contributed by atoms with E-state index in [2.05, 4.69) is 5.32 Å². The molecule has 0 unspecified atom stereocenters. The number of nitrogens with zero attached hydrogens (tertiary/aromatic N) is 1. The molecular formula is C18H21ClN2O4. The van der Waals surface area contributed by atoms with Crippen LogP contribution in [0.3, 0.4) is 0 Å². The summed E-state index contributed by atoms with van der Waals surface area (Å²) in [6.45, 7) is 3.96. The highest BCUT2D eigenvalue weighted by molar-refractivity contribution is 6.31. The largest absolute Gasteiger partial charge is 0.447 e. The maximum Gasteiger partial charge on any atom is 0.407 e. The van der Waals surface area contributed by atoms with Crippen molar-refractivity contribution in [3.05, 3.63) is 34.3 Å². The number of rotatable bonds is 4. The minimum absolute atomic E-state index is 0.0346. The quantitative estimate of drug-likeness (QED) is 0.889. The Kier molecular flexibility index (Phi) is 4.12. The lowest BCUT2D eigenvalue weighted by atomic mass is 9.79. The third-order valence-electron chi connectivity index (χ3n) is 5.30. The number of benzene rings is 1. The van der Waals surface area contributed by atoms with E-state index in [9.17, 15) is 9.59 Å². The zero-order chi connectivity index (χ0) is 17.6. The lowest BCUT2D eigenvalue weighted by Gasteiger charge is -2.48. The van der Waals surface area contributed by atoms with Crippen LogP contribution in [0.5, 0.6) is 0 Å². The van der Waals surface area contributed by atoms with Gasteiger partial charge < -0.3 is 19.7 Å². The Hall–Kier alpha value is -1.79. The van der Waals surface area contributed by atoms with Crippen molar-refractivity contribution >= 4 is 23.6 Å². The SMILES string of the molecule is Cc1cc(CO[C@H]2C[C@H](C(=O)N3CC4(COC(=O)N4)C3)C2)ccc1Cl. The summed E-state index contributed by atoms with van der Waals surface area (Å²) in [6.07, 6.45) is 1.27. The number of carbonyl (C=O) groups excluding carboxylic acids is 2. The molecule has 0 atom stereocenters. The van der Waals surface area contributed by atoms with E-state index < -0.39 is 0 Å². The average Bonchev–Trinajstić information content (AvgIpc) is 2.90. The fraction of sp³-hybridized carbons (Fsp3) is 0.556. The fourth-order valence-electron chi connectivity index (χ4n) is 3.68. The zero-order valence-corrected chi connectivity index (χ0v) is 14.8. The minimum Gasteiger partial charge on any atom is -0.447 e. The Morgan fingerprint density at radius 1 is 1.44 bits per heavy atom. The Labute approximate surface area is 151 Å². The number of nitrogens with one attached hydrogen (secondary N) is 1. The molecule has 2 heterocycles. The maximum atomic E-state index is 12.4. The summed E-state index contributed by atoms with van der Waals surface area (Å²) in [6, 6.07) is 5.88. The van der Waals surface area contributed by atoms with E-state index in [1.165, 1.54) is 0 Å². The first-order valence-electron chi connectivity index (χ1n) is 8.54. The highest BCUT2D eigenvalue weighted by Crippen LogP contribution is 2.35. The molecule has 7 heteroatoms. The normalized spacial score (nSPS) is 26.6. The molecule has 1 saturated carbocycles. The second-order valence-electron chi connectivity index (χ2n) is 7.36. The van der Waals surface area contributed by atoms with Crippen LogP contribution < -0.4 is 5.32 Å². The van der Waals surface area contributed by atoms with Gasteiger partial charge in [-0.1, -0.05) is 23.7 Å². The van der Waals surface area contributed by atoms with Gasteiger partial charge in [0.2, 0.25) is 5.91 Å². The molecule has 0 aromatic heterocycles. The van der Waals surface area contributed by atoms with Gasteiger partial charge in [-0.05, 0) is 37.0 Å². The number of halogens is 1. The van der Waals surface area contributed by atoms with Crippen molar-refractivity contribution < 1.29 is 19.1 Å². The molecule has 2 aliphatic heterocycles. The van der Waals surface area contributed by atoms with Crippen LogP contribution in [0.15, 0.2) is 18.2 Å². The molecule has 3 aliphatic rings. The van der Waals surface area contributed by atoms with Crippen LogP contribution >= 0.6 is 11.6 Å². The third kappa shape index (κ3) is 3.20. The molecule has 1 aromatic rings. The second kappa shape index (κ2) is 6.18. The van der Waals surface area contributed by atoms with Gasteiger partial charge in [0.05, 0.1) is 12.7 Å². The van der Waals surface area contributed by atoms with E-state index in [0.29, 0.717) is 26.3 Å². The van der Waals surface area contributed by atoms with Crippen molar-refractivity contribution in [1.29, 1.82) is 0 Å². The summed E-state index contributed by atoms with van der Waals surface area (Å²) < 4.78 is 10.8. The number of ether oxygens (including phenoxy) is 2. The summed E-state index contributed by atoms with van der Waals surface area (Å²) in [5.41, 5.74) is 1.79. The second-order valence-corrected chi connectivity index (χ2v) is 7.77. The van der Waals surface area contributed by atoms with Crippen LogP contribution in [0.4, 0.5) is 4.79 Å². The topological polar surface area (TPSA) is 67.9 Å². The maximum absolute atomic E-state index is 12.4. The van der Waals surface area contributed by atoms with Crippen molar-refractivity contribution in [2.75, 3.05) is 19.7 Å². The van der Waals surface area contributed by atoms with Gasteiger partial charge in [0.25, 0.3) is 0 Å². The number of alkyl carbamates (subject to hydrolysis) is 1. The number of hydrogen-bond donors (Lipinski definition) is 1.